The molecule has 0 fully saturated rings. The van der Waals surface area contributed by atoms with Crippen LogP contribution in [0.1, 0.15) is 10.6 Å². The standard InChI is InChI=1S/C9H6ClN3OS/c10-8-7(4-11)15-9(13-8)12-5-6-2-1-3-14-6/h1-3H,5H2,(H,12,13). The second-order valence-electron chi connectivity index (χ2n) is 2.68. The Balaban J connectivity index is 2.03. The van der Waals surface area contributed by atoms with Gasteiger partial charge in [-0.1, -0.05) is 22.9 Å². The molecule has 0 aliphatic rings. The third-order valence-electron chi connectivity index (χ3n) is 1.68. The zero-order valence-electron chi connectivity index (χ0n) is 7.53. The van der Waals surface area contributed by atoms with Crippen LogP contribution in [-0.2, 0) is 6.54 Å². The van der Waals surface area contributed by atoms with Crippen LogP contribution in [0.3, 0.4) is 0 Å². The lowest BCUT2D eigenvalue weighted by molar-refractivity contribution is 0.518. The number of hydrogen-bond acceptors (Lipinski definition) is 5. The predicted octanol–water partition coefficient (Wildman–Crippen LogP) is 2.87. The largest absolute Gasteiger partial charge is 0.467 e. The van der Waals surface area contributed by atoms with Crippen molar-refractivity contribution in [3.05, 3.63) is 34.2 Å². The number of thiazole rings is 1. The normalized spacial score (nSPS) is 9.87. The summed E-state index contributed by atoms with van der Waals surface area (Å²) in [5.41, 5.74) is 0. The maximum Gasteiger partial charge on any atom is 0.185 e. The molecule has 2 aromatic rings. The lowest BCUT2D eigenvalue weighted by Gasteiger charge is -1.97. The number of hydrogen-bond donors (Lipinski definition) is 1. The number of rotatable bonds is 3. The molecule has 0 bridgehead atoms. The summed E-state index contributed by atoms with van der Waals surface area (Å²) in [6.45, 7) is 0.529. The van der Waals surface area contributed by atoms with Crippen molar-refractivity contribution in [1.82, 2.24) is 4.98 Å². The molecule has 2 heterocycles. The lowest BCUT2D eigenvalue weighted by Crippen LogP contribution is -1.96. The van der Waals surface area contributed by atoms with Gasteiger partial charge >= 0.3 is 0 Å². The molecule has 2 aromatic heterocycles. The highest BCUT2D eigenvalue weighted by Gasteiger charge is 2.08. The molecule has 4 nitrogen and oxygen atoms in total. The highest BCUT2D eigenvalue weighted by atomic mass is 35.5. The molecule has 0 aliphatic heterocycles. The van der Waals surface area contributed by atoms with Gasteiger partial charge in [0.15, 0.2) is 10.3 Å². The Morgan fingerprint density at radius 3 is 3.13 bits per heavy atom. The lowest BCUT2D eigenvalue weighted by atomic mass is 10.4. The Morgan fingerprint density at radius 2 is 2.53 bits per heavy atom. The fourth-order valence-corrected chi connectivity index (χ4v) is 1.96. The zero-order valence-corrected chi connectivity index (χ0v) is 9.10. The van der Waals surface area contributed by atoms with Crippen LogP contribution in [-0.4, -0.2) is 4.98 Å². The van der Waals surface area contributed by atoms with Crippen LogP contribution < -0.4 is 5.32 Å². The molecule has 76 valence electrons. The Morgan fingerprint density at radius 1 is 1.67 bits per heavy atom. The Hall–Kier alpha value is -1.51. The monoisotopic (exact) mass is 239 g/mol. The summed E-state index contributed by atoms with van der Waals surface area (Å²) >= 11 is 6.94. The van der Waals surface area contributed by atoms with Crippen LogP contribution >= 0.6 is 22.9 Å². The molecule has 2 rings (SSSR count). The van der Waals surface area contributed by atoms with Gasteiger partial charge in [-0.15, -0.1) is 0 Å². The van der Waals surface area contributed by atoms with Crippen molar-refractivity contribution in [2.24, 2.45) is 0 Å². The average Bonchev–Trinajstić information content (AvgIpc) is 2.83. The maximum atomic E-state index is 8.67. The van der Waals surface area contributed by atoms with Crippen molar-refractivity contribution in [1.29, 1.82) is 5.26 Å². The van der Waals surface area contributed by atoms with Crippen molar-refractivity contribution < 1.29 is 4.42 Å². The van der Waals surface area contributed by atoms with Gasteiger partial charge in [-0.2, -0.15) is 5.26 Å². The van der Waals surface area contributed by atoms with E-state index in [1.54, 1.807) is 6.26 Å². The maximum absolute atomic E-state index is 8.67. The van der Waals surface area contributed by atoms with E-state index in [9.17, 15) is 0 Å². The van der Waals surface area contributed by atoms with E-state index >= 15 is 0 Å². The van der Waals surface area contributed by atoms with E-state index in [1.807, 2.05) is 18.2 Å². The molecule has 0 saturated carbocycles. The summed E-state index contributed by atoms with van der Waals surface area (Å²) in [5.74, 6) is 0.805. The minimum Gasteiger partial charge on any atom is -0.467 e. The quantitative estimate of drug-likeness (QED) is 0.895. The van der Waals surface area contributed by atoms with Gasteiger partial charge in [0.25, 0.3) is 0 Å². The predicted molar refractivity (Wildman–Crippen MR) is 57.9 cm³/mol. The molecular weight excluding hydrogens is 234 g/mol. The summed E-state index contributed by atoms with van der Waals surface area (Å²) in [7, 11) is 0. The highest BCUT2D eigenvalue weighted by Crippen LogP contribution is 2.26. The number of anilines is 1. The van der Waals surface area contributed by atoms with Crippen molar-refractivity contribution in [2.75, 3.05) is 5.32 Å². The fraction of sp³-hybridized carbons (Fsp3) is 0.111. The molecule has 0 aliphatic carbocycles. The number of furan rings is 1. The number of aromatic nitrogens is 1. The van der Waals surface area contributed by atoms with E-state index < -0.39 is 0 Å². The Bertz CT molecular complexity index is 486. The molecule has 0 amide bonds. The van der Waals surface area contributed by atoms with Crippen LogP contribution in [0.4, 0.5) is 5.13 Å². The van der Waals surface area contributed by atoms with Crippen LogP contribution in [0, 0.1) is 11.3 Å². The molecule has 15 heavy (non-hydrogen) atoms. The van der Waals surface area contributed by atoms with Crippen molar-refractivity contribution in [3.8, 4) is 6.07 Å². The second-order valence-corrected chi connectivity index (χ2v) is 4.04. The summed E-state index contributed by atoms with van der Waals surface area (Å²) in [6, 6.07) is 5.64. The third kappa shape index (κ3) is 2.29. The fourth-order valence-electron chi connectivity index (χ4n) is 1.02. The van der Waals surface area contributed by atoms with Gasteiger partial charge in [-0.05, 0) is 12.1 Å². The third-order valence-corrected chi connectivity index (χ3v) is 2.98. The number of nitrogens with zero attached hydrogens (tertiary/aromatic N) is 2. The van der Waals surface area contributed by atoms with E-state index in [-0.39, 0.29) is 5.15 Å². The minimum absolute atomic E-state index is 0.240. The van der Waals surface area contributed by atoms with E-state index in [0.717, 1.165) is 5.76 Å². The van der Waals surface area contributed by atoms with E-state index in [4.69, 9.17) is 21.3 Å². The molecule has 0 radical (unpaired) electrons. The first kappa shape index (κ1) is 10.0. The molecule has 6 heteroatoms. The smallest absolute Gasteiger partial charge is 0.185 e. The Labute approximate surface area is 95.1 Å². The SMILES string of the molecule is N#Cc1sc(NCc2ccco2)nc1Cl. The van der Waals surface area contributed by atoms with Crippen LogP contribution in [0.25, 0.3) is 0 Å². The van der Waals surface area contributed by atoms with Crippen LogP contribution in [0.5, 0.6) is 0 Å². The molecule has 0 spiro atoms. The average molecular weight is 240 g/mol. The van der Waals surface area contributed by atoms with Gasteiger partial charge in [0.05, 0.1) is 12.8 Å². The highest BCUT2D eigenvalue weighted by molar-refractivity contribution is 7.16. The minimum atomic E-state index is 0.240. The molecular formula is C9H6ClN3OS. The molecule has 0 unspecified atom stereocenters. The Kier molecular flexibility index (Phi) is 2.90. The first-order chi connectivity index (χ1) is 7.29. The summed E-state index contributed by atoms with van der Waals surface area (Å²) in [5, 5.41) is 12.6. The van der Waals surface area contributed by atoms with Gasteiger partial charge in [0.2, 0.25) is 0 Å². The van der Waals surface area contributed by atoms with E-state index in [1.165, 1.54) is 11.3 Å². The van der Waals surface area contributed by atoms with E-state index in [2.05, 4.69) is 10.3 Å². The molecule has 0 atom stereocenters. The van der Waals surface area contributed by atoms with Crippen molar-refractivity contribution in [2.45, 2.75) is 6.54 Å². The van der Waals surface area contributed by atoms with Gasteiger partial charge in [0.1, 0.15) is 16.7 Å². The molecule has 0 aromatic carbocycles. The van der Waals surface area contributed by atoms with Gasteiger partial charge < -0.3 is 9.73 Å². The number of halogens is 1. The summed E-state index contributed by atoms with van der Waals surface area (Å²) in [6.07, 6.45) is 1.60. The van der Waals surface area contributed by atoms with Gasteiger partial charge in [-0.25, -0.2) is 4.98 Å². The van der Waals surface area contributed by atoms with Crippen LogP contribution in [0.15, 0.2) is 22.8 Å². The number of nitriles is 1. The molecule has 0 saturated heterocycles. The number of nitrogens with one attached hydrogen (secondary N) is 1. The summed E-state index contributed by atoms with van der Waals surface area (Å²) < 4.78 is 5.13. The van der Waals surface area contributed by atoms with Crippen molar-refractivity contribution in [3.63, 3.8) is 0 Å². The summed E-state index contributed by atoms with van der Waals surface area (Å²) in [4.78, 5) is 4.40. The first-order valence-corrected chi connectivity index (χ1v) is 5.31. The van der Waals surface area contributed by atoms with Crippen molar-refractivity contribution >= 4 is 28.1 Å². The molecule has 1 N–H and O–H groups in total. The second kappa shape index (κ2) is 4.34. The van der Waals surface area contributed by atoms with Crippen LogP contribution in [0.2, 0.25) is 5.15 Å². The van der Waals surface area contributed by atoms with E-state index in [0.29, 0.717) is 16.6 Å². The first-order valence-electron chi connectivity index (χ1n) is 4.12. The topological polar surface area (TPSA) is 61.9 Å². The van der Waals surface area contributed by atoms with Gasteiger partial charge in [0, 0.05) is 0 Å². The van der Waals surface area contributed by atoms with Gasteiger partial charge in [-0.3, -0.25) is 0 Å². The zero-order chi connectivity index (χ0) is 10.7.